The molecule has 0 bridgehead atoms. The smallest absolute Gasteiger partial charge is 0.337 e. The van der Waals surface area contributed by atoms with E-state index in [9.17, 15) is 14.3 Å². The van der Waals surface area contributed by atoms with Crippen LogP contribution in [0.3, 0.4) is 0 Å². The number of halogens is 1. The third-order valence-corrected chi connectivity index (χ3v) is 4.89. The first kappa shape index (κ1) is 20.2. The maximum absolute atomic E-state index is 13.9. The molecule has 0 saturated heterocycles. The van der Waals surface area contributed by atoms with E-state index in [0.29, 0.717) is 17.3 Å². The number of anilines is 2. The maximum Gasteiger partial charge on any atom is 0.337 e. The molecule has 0 saturated carbocycles. The summed E-state index contributed by atoms with van der Waals surface area (Å²) in [6, 6.07) is 20.5. The number of carbonyl (C=O) groups is 1. The Kier molecular flexibility index (Phi) is 5.41. The number of nitrogens with one attached hydrogen (secondary N) is 1. The summed E-state index contributed by atoms with van der Waals surface area (Å²) >= 11 is 0. The molecule has 6 nitrogen and oxygen atoms in total. The summed E-state index contributed by atoms with van der Waals surface area (Å²) < 4.78 is 20.9. The van der Waals surface area contributed by atoms with E-state index in [1.807, 2.05) is 55.5 Å². The van der Waals surface area contributed by atoms with Crippen molar-refractivity contribution >= 4 is 17.5 Å². The van der Waals surface area contributed by atoms with Crippen LogP contribution >= 0.6 is 0 Å². The van der Waals surface area contributed by atoms with Gasteiger partial charge in [-0.2, -0.15) is 5.10 Å². The average Bonchev–Trinajstić information content (AvgIpc) is 3.17. The van der Waals surface area contributed by atoms with Crippen molar-refractivity contribution in [3.05, 3.63) is 89.7 Å². The minimum atomic E-state index is -1.16. The summed E-state index contributed by atoms with van der Waals surface area (Å²) in [5.41, 5.74) is 3.36. The lowest BCUT2D eigenvalue weighted by molar-refractivity contribution is 0.0698. The first-order valence-electron chi connectivity index (χ1n) is 9.56. The van der Waals surface area contributed by atoms with Crippen LogP contribution in [0, 0.1) is 12.7 Å². The Morgan fingerprint density at radius 1 is 1.06 bits per heavy atom. The van der Waals surface area contributed by atoms with Crippen molar-refractivity contribution in [3.63, 3.8) is 0 Å². The van der Waals surface area contributed by atoms with Gasteiger partial charge < -0.3 is 15.2 Å². The molecule has 156 valence electrons. The van der Waals surface area contributed by atoms with Gasteiger partial charge in [0.25, 0.3) is 0 Å². The first-order valence-corrected chi connectivity index (χ1v) is 9.56. The molecular weight excluding hydrogens is 397 g/mol. The van der Waals surface area contributed by atoms with Gasteiger partial charge in [-0.3, -0.25) is 0 Å². The third-order valence-electron chi connectivity index (χ3n) is 4.89. The number of aromatic carboxylic acids is 1. The monoisotopic (exact) mass is 417 g/mol. The lowest BCUT2D eigenvalue weighted by atomic mass is 10.1. The quantitative estimate of drug-likeness (QED) is 0.437. The lowest BCUT2D eigenvalue weighted by Crippen LogP contribution is -2.07. The molecule has 2 N–H and O–H groups in total. The number of hydrogen-bond acceptors (Lipinski definition) is 4. The molecule has 1 heterocycles. The van der Waals surface area contributed by atoms with Crippen LogP contribution in [0.5, 0.6) is 5.75 Å². The molecule has 1 aromatic heterocycles. The number of benzene rings is 3. The van der Waals surface area contributed by atoms with Crippen molar-refractivity contribution < 1.29 is 19.0 Å². The third kappa shape index (κ3) is 4.11. The minimum Gasteiger partial charge on any atom is -0.497 e. The number of ether oxygens (including phenoxy) is 1. The molecular formula is C24H20FN3O3. The van der Waals surface area contributed by atoms with E-state index in [4.69, 9.17) is 9.84 Å². The van der Waals surface area contributed by atoms with Gasteiger partial charge in [0.05, 0.1) is 29.7 Å². The van der Waals surface area contributed by atoms with E-state index in [1.165, 1.54) is 6.07 Å². The van der Waals surface area contributed by atoms with Crippen LogP contribution in [-0.4, -0.2) is 28.0 Å². The van der Waals surface area contributed by atoms with Gasteiger partial charge in [-0.1, -0.05) is 30.3 Å². The largest absolute Gasteiger partial charge is 0.497 e. The molecule has 3 aromatic carbocycles. The molecule has 0 fully saturated rings. The fourth-order valence-corrected chi connectivity index (χ4v) is 3.32. The molecule has 0 atom stereocenters. The Bertz CT molecular complexity index is 1270. The second-order valence-corrected chi connectivity index (χ2v) is 6.97. The van der Waals surface area contributed by atoms with Gasteiger partial charge in [0, 0.05) is 11.6 Å². The fourth-order valence-electron chi connectivity index (χ4n) is 3.32. The van der Waals surface area contributed by atoms with Gasteiger partial charge in [0.1, 0.15) is 17.4 Å². The van der Waals surface area contributed by atoms with Crippen LogP contribution in [0.25, 0.3) is 16.9 Å². The number of nitrogens with zero attached hydrogens (tertiary/aromatic N) is 2. The zero-order valence-electron chi connectivity index (χ0n) is 17.0. The highest BCUT2D eigenvalue weighted by Crippen LogP contribution is 2.31. The molecule has 0 spiro atoms. The van der Waals surface area contributed by atoms with E-state index in [-0.39, 0.29) is 11.3 Å². The SMILES string of the molecule is COc1cccc(-c2cc(Nc3cc(F)ccc3C(=O)O)n(-c3ccccc3C)n2)c1. The van der Waals surface area contributed by atoms with Gasteiger partial charge in [-0.25, -0.2) is 13.9 Å². The molecule has 31 heavy (non-hydrogen) atoms. The van der Waals surface area contributed by atoms with Crippen LogP contribution in [-0.2, 0) is 0 Å². The van der Waals surface area contributed by atoms with Gasteiger partial charge in [0.2, 0.25) is 0 Å². The molecule has 4 aromatic rings. The van der Waals surface area contributed by atoms with Crippen LogP contribution in [0.4, 0.5) is 15.9 Å². The van der Waals surface area contributed by atoms with E-state index in [1.54, 1.807) is 17.9 Å². The Morgan fingerprint density at radius 2 is 1.87 bits per heavy atom. The summed E-state index contributed by atoms with van der Waals surface area (Å²) in [7, 11) is 1.59. The van der Waals surface area contributed by atoms with E-state index < -0.39 is 11.8 Å². The highest BCUT2D eigenvalue weighted by atomic mass is 19.1. The molecule has 7 heteroatoms. The Hall–Kier alpha value is -4.13. The number of para-hydroxylation sites is 1. The zero-order valence-corrected chi connectivity index (χ0v) is 17.0. The summed E-state index contributed by atoms with van der Waals surface area (Å²) in [5.74, 6) is -0.504. The predicted octanol–water partition coefficient (Wildman–Crippen LogP) is 5.44. The van der Waals surface area contributed by atoms with Gasteiger partial charge >= 0.3 is 5.97 Å². The van der Waals surface area contributed by atoms with Crippen LogP contribution in [0.15, 0.2) is 72.8 Å². The molecule has 4 rings (SSSR count). The molecule has 0 unspecified atom stereocenters. The van der Waals surface area contributed by atoms with Crippen LogP contribution < -0.4 is 10.1 Å². The first-order chi connectivity index (χ1) is 15.0. The van der Waals surface area contributed by atoms with E-state index in [2.05, 4.69) is 5.32 Å². The average molecular weight is 417 g/mol. The predicted molar refractivity (Wildman–Crippen MR) is 117 cm³/mol. The fraction of sp³-hybridized carbons (Fsp3) is 0.0833. The minimum absolute atomic E-state index is 0.0399. The number of methoxy groups -OCH3 is 1. The van der Waals surface area contributed by atoms with E-state index in [0.717, 1.165) is 28.9 Å². The Balaban J connectivity index is 1.87. The number of carboxylic acids is 1. The standard InChI is InChI=1S/C24H20FN3O3/c1-15-6-3-4-9-22(15)28-23(26-21-13-17(25)10-11-19(21)24(29)30)14-20(27-28)16-7-5-8-18(12-16)31-2/h3-14,26H,1-2H3,(H,29,30). The second kappa shape index (κ2) is 8.31. The summed E-state index contributed by atoms with van der Waals surface area (Å²) in [4.78, 5) is 11.6. The molecule has 0 radical (unpaired) electrons. The lowest BCUT2D eigenvalue weighted by Gasteiger charge is -2.13. The van der Waals surface area contributed by atoms with Crippen LogP contribution in [0.2, 0.25) is 0 Å². The number of rotatable bonds is 6. The summed E-state index contributed by atoms with van der Waals surface area (Å²) in [6.07, 6.45) is 0. The van der Waals surface area contributed by atoms with Crippen molar-refractivity contribution in [3.8, 4) is 22.7 Å². The van der Waals surface area contributed by atoms with Gasteiger partial charge in [-0.05, 0) is 48.9 Å². The van der Waals surface area contributed by atoms with E-state index >= 15 is 0 Å². The van der Waals surface area contributed by atoms with Gasteiger partial charge in [-0.15, -0.1) is 0 Å². The van der Waals surface area contributed by atoms with Crippen molar-refractivity contribution in [2.75, 3.05) is 12.4 Å². The molecule has 0 amide bonds. The number of aryl methyl sites for hydroxylation is 1. The number of hydrogen-bond donors (Lipinski definition) is 2. The Morgan fingerprint density at radius 3 is 2.61 bits per heavy atom. The van der Waals surface area contributed by atoms with Crippen molar-refractivity contribution in [1.82, 2.24) is 9.78 Å². The van der Waals surface area contributed by atoms with Crippen LogP contribution in [0.1, 0.15) is 15.9 Å². The second-order valence-electron chi connectivity index (χ2n) is 6.97. The Labute approximate surface area is 178 Å². The van der Waals surface area contributed by atoms with Gasteiger partial charge in [0.15, 0.2) is 0 Å². The number of carboxylic acid groups (broad SMARTS) is 1. The molecule has 0 aliphatic carbocycles. The maximum atomic E-state index is 13.9. The highest BCUT2D eigenvalue weighted by molar-refractivity contribution is 5.95. The topological polar surface area (TPSA) is 76.4 Å². The van der Waals surface area contributed by atoms with Crippen molar-refractivity contribution in [2.24, 2.45) is 0 Å². The summed E-state index contributed by atoms with van der Waals surface area (Å²) in [5, 5.41) is 17.3. The molecule has 0 aliphatic rings. The van der Waals surface area contributed by atoms with Crippen molar-refractivity contribution in [2.45, 2.75) is 6.92 Å². The normalized spacial score (nSPS) is 10.7. The summed E-state index contributed by atoms with van der Waals surface area (Å²) in [6.45, 7) is 1.96. The van der Waals surface area contributed by atoms with Crippen molar-refractivity contribution in [1.29, 1.82) is 0 Å². The zero-order chi connectivity index (χ0) is 22.0. The molecule has 0 aliphatic heterocycles. The number of aromatic nitrogens is 2. The highest BCUT2D eigenvalue weighted by Gasteiger charge is 2.17.